The van der Waals surface area contributed by atoms with Gasteiger partial charge in [0.05, 0.1) is 0 Å². The number of hydrogen-bond acceptors (Lipinski definition) is 1. The van der Waals surface area contributed by atoms with E-state index in [4.69, 9.17) is 0 Å². The van der Waals surface area contributed by atoms with E-state index in [1.165, 1.54) is 18.4 Å². The summed E-state index contributed by atoms with van der Waals surface area (Å²) < 4.78 is 0. The Hall–Kier alpha value is -0.820. The second kappa shape index (κ2) is 5.92. The average Bonchev–Trinajstić information content (AvgIpc) is 2.34. The SMILES string of the molecule is CC.CC1(c2ccccc2)CCNCC1. The van der Waals surface area contributed by atoms with Crippen molar-refractivity contribution in [3.63, 3.8) is 0 Å². The molecule has 1 N–H and O–H groups in total. The van der Waals surface area contributed by atoms with Gasteiger partial charge in [-0.2, -0.15) is 0 Å². The highest BCUT2D eigenvalue weighted by Crippen LogP contribution is 2.32. The minimum atomic E-state index is 0.409. The summed E-state index contributed by atoms with van der Waals surface area (Å²) in [6.07, 6.45) is 2.52. The summed E-state index contributed by atoms with van der Waals surface area (Å²) in [5, 5.41) is 3.41. The van der Waals surface area contributed by atoms with E-state index in [1.54, 1.807) is 0 Å². The Labute approximate surface area is 93.9 Å². The molecule has 1 heteroatoms. The molecule has 0 aromatic heterocycles. The van der Waals surface area contributed by atoms with Crippen LogP contribution >= 0.6 is 0 Å². The summed E-state index contributed by atoms with van der Waals surface area (Å²) in [5.74, 6) is 0. The molecule has 0 bridgehead atoms. The van der Waals surface area contributed by atoms with Crippen molar-refractivity contribution in [3.05, 3.63) is 35.9 Å². The van der Waals surface area contributed by atoms with Gasteiger partial charge in [-0.25, -0.2) is 0 Å². The quantitative estimate of drug-likeness (QED) is 0.741. The maximum Gasteiger partial charge on any atom is -0.00405 e. The molecule has 2 rings (SSSR count). The first-order chi connectivity index (χ1) is 7.31. The van der Waals surface area contributed by atoms with Gasteiger partial charge in [-0.05, 0) is 36.9 Å². The van der Waals surface area contributed by atoms with Gasteiger partial charge in [0.25, 0.3) is 0 Å². The number of nitrogens with one attached hydrogen (secondary N) is 1. The van der Waals surface area contributed by atoms with Crippen molar-refractivity contribution in [1.82, 2.24) is 5.32 Å². The Morgan fingerprint density at radius 2 is 1.53 bits per heavy atom. The van der Waals surface area contributed by atoms with Crippen molar-refractivity contribution in [2.75, 3.05) is 13.1 Å². The van der Waals surface area contributed by atoms with Gasteiger partial charge >= 0.3 is 0 Å². The fraction of sp³-hybridized carbons (Fsp3) is 0.571. The van der Waals surface area contributed by atoms with Crippen LogP contribution in [-0.4, -0.2) is 13.1 Å². The number of hydrogen-bond donors (Lipinski definition) is 1. The van der Waals surface area contributed by atoms with Crippen LogP contribution in [0, 0.1) is 0 Å². The van der Waals surface area contributed by atoms with E-state index in [2.05, 4.69) is 42.6 Å². The first-order valence-corrected chi connectivity index (χ1v) is 6.07. The zero-order valence-electron chi connectivity index (χ0n) is 10.2. The van der Waals surface area contributed by atoms with Gasteiger partial charge in [0.2, 0.25) is 0 Å². The molecule has 0 radical (unpaired) electrons. The normalized spacial score (nSPS) is 18.9. The summed E-state index contributed by atoms with van der Waals surface area (Å²) in [5.41, 5.74) is 1.91. The van der Waals surface area contributed by atoms with E-state index < -0.39 is 0 Å². The van der Waals surface area contributed by atoms with Gasteiger partial charge < -0.3 is 5.32 Å². The molecular formula is C14H23N. The van der Waals surface area contributed by atoms with Gasteiger partial charge in [-0.3, -0.25) is 0 Å². The van der Waals surface area contributed by atoms with Gasteiger partial charge in [0.15, 0.2) is 0 Å². The summed E-state index contributed by atoms with van der Waals surface area (Å²) >= 11 is 0. The lowest BCUT2D eigenvalue weighted by Gasteiger charge is -2.34. The minimum absolute atomic E-state index is 0.409. The predicted octanol–water partition coefficient (Wildman–Crippen LogP) is 3.35. The Kier molecular flexibility index (Phi) is 4.83. The smallest absolute Gasteiger partial charge is 0.00405 e. The second-order valence-electron chi connectivity index (χ2n) is 4.18. The van der Waals surface area contributed by atoms with Crippen molar-refractivity contribution >= 4 is 0 Å². The molecule has 1 fully saturated rings. The summed E-state index contributed by atoms with van der Waals surface area (Å²) in [4.78, 5) is 0. The second-order valence-corrected chi connectivity index (χ2v) is 4.18. The number of piperidine rings is 1. The van der Waals surface area contributed by atoms with Crippen LogP contribution in [0.1, 0.15) is 39.2 Å². The minimum Gasteiger partial charge on any atom is -0.317 e. The monoisotopic (exact) mass is 205 g/mol. The summed E-state index contributed by atoms with van der Waals surface area (Å²) in [6, 6.07) is 10.9. The largest absolute Gasteiger partial charge is 0.317 e. The third kappa shape index (κ3) is 3.07. The van der Waals surface area contributed by atoms with Crippen LogP contribution in [0.3, 0.4) is 0 Å². The molecule has 1 aliphatic heterocycles. The molecule has 1 nitrogen and oxygen atoms in total. The van der Waals surface area contributed by atoms with Gasteiger partial charge in [-0.1, -0.05) is 51.1 Å². The maximum absolute atomic E-state index is 3.41. The molecule has 1 aromatic rings. The first kappa shape index (κ1) is 12.3. The third-order valence-electron chi connectivity index (χ3n) is 3.18. The fourth-order valence-corrected chi connectivity index (χ4v) is 2.11. The van der Waals surface area contributed by atoms with E-state index >= 15 is 0 Å². The molecule has 1 aliphatic rings. The topological polar surface area (TPSA) is 12.0 Å². The van der Waals surface area contributed by atoms with Crippen molar-refractivity contribution < 1.29 is 0 Å². The van der Waals surface area contributed by atoms with Crippen LogP contribution in [0.5, 0.6) is 0 Å². The van der Waals surface area contributed by atoms with E-state index in [1.807, 2.05) is 13.8 Å². The molecule has 0 saturated carbocycles. The van der Waals surface area contributed by atoms with Crippen LogP contribution in [0.2, 0.25) is 0 Å². The lowest BCUT2D eigenvalue weighted by Crippen LogP contribution is -2.37. The van der Waals surface area contributed by atoms with Crippen molar-refractivity contribution in [3.8, 4) is 0 Å². The molecule has 15 heavy (non-hydrogen) atoms. The Bertz CT molecular complexity index is 260. The standard InChI is InChI=1S/C12H17N.C2H6/c1-12(7-9-13-10-8-12)11-5-3-2-4-6-11;1-2/h2-6,13H,7-10H2,1H3;1-2H3. The molecule has 0 atom stereocenters. The molecule has 1 aromatic carbocycles. The Morgan fingerprint density at radius 3 is 2.07 bits per heavy atom. The molecular weight excluding hydrogens is 182 g/mol. The Morgan fingerprint density at radius 1 is 1.00 bits per heavy atom. The highest BCUT2D eigenvalue weighted by molar-refractivity contribution is 5.25. The van der Waals surface area contributed by atoms with Gasteiger partial charge in [0.1, 0.15) is 0 Å². The van der Waals surface area contributed by atoms with Crippen molar-refractivity contribution in [2.45, 2.75) is 39.0 Å². The van der Waals surface area contributed by atoms with E-state index in [9.17, 15) is 0 Å². The zero-order valence-corrected chi connectivity index (χ0v) is 10.2. The van der Waals surface area contributed by atoms with Crippen LogP contribution < -0.4 is 5.32 Å². The third-order valence-corrected chi connectivity index (χ3v) is 3.18. The highest BCUT2D eigenvalue weighted by atomic mass is 14.9. The van der Waals surface area contributed by atoms with Crippen molar-refractivity contribution in [1.29, 1.82) is 0 Å². The first-order valence-electron chi connectivity index (χ1n) is 6.07. The zero-order chi connectivity index (χ0) is 11.1. The molecule has 0 spiro atoms. The number of benzene rings is 1. The van der Waals surface area contributed by atoms with Gasteiger partial charge in [-0.15, -0.1) is 0 Å². The lowest BCUT2D eigenvalue weighted by atomic mass is 9.75. The summed E-state index contributed by atoms with van der Waals surface area (Å²) in [7, 11) is 0. The summed E-state index contributed by atoms with van der Waals surface area (Å²) in [6.45, 7) is 8.69. The lowest BCUT2D eigenvalue weighted by molar-refractivity contribution is 0.335. The van der Waals surface area contributed by atoms with Crippen LogP contribution in [0.15, 0.2) is 30.3 Å². The Balaban J connectivity index is 0.000000531. The van der Waals surface area contributed by atoms with Crippen LogP contribution in [0.4, 0.5) is 0 Å². The molecule has 0 aliphatic carbocycles. The molecule has 84 valence electrons. The maximum atomic E-state index is 3.41. The average molecular weight is 205 g/mol. The van der Waals surface area contributed by atoms with E-state index in [0.717, 1.165) is 13.1 Å². The molecule has 0 amide bonds. The van der Waals surface area contributed by atoms with Gasteiger partial charge in [0, 0.05) is 0 Å². The predicted molar refractivity (Wildman–Crippen MR) is 67.2 cm³/mol. The van der Waals surface area contributed by atoms with Crippen LogP contribution in [0.25, 0.3) is 0 Å². The molecule has 1 heterocycles. The van der Waals surface area contributed by atoms with E-state index in [0.29, 0.717) is 5.41 Å². The highest BCUT2D eigenvalue weighted by Gasteiger charge is 2.27. The molecule has 1 saturated heterocycles. The van der Waals surface area contributed by atoms with Crippen LogP contribution in [-0.2, 0) is 5.41 Å². The van der Waals surface area contributed by atoms with Crippen molar-refractivity contribution in [2.24, 2.45) is 0 Å². The number of rotatable bonds is 1. The fourth-order valence-electron chi connectivity index (χ4n) is 2.11. The molecule has 0 unspecified atom stereocenters. The van der Waals surface area contributed by atoms with E-state index in [-0.39, 0.29) is 0 Å².